The topological polar surface area (TPSA) is 52.7 Å². The second-order valence-electron chi connectivity index (χ2n) is 9.19. The number of nitrogens with zero attached hydrogens (tertiary/aromatic N) is 2. The lowest BCUT2D eigenvalue weighted by Crippen LogP contribution is -2.56. The van der Waals surface area contributed by atoms with Gasteiger partial charge in [0.1, 0.15) is 0 Å². The molecule has 0 aliphatic carbocycles. The summed E-state index contributed by atoms with van der Waals surface area (Å²) in [7, 11) is 0. The van der Waals surface area contributed by atoms with E-state index in [2.05, 4.69) is 56.1 Å². The molecule has 5 heteroatoms. The highest BCUT2D eigenvalue weighted by molar-refractivity contribution is 6.35. The van der Waals surface area contributed by atoms with Crippen LogP contribution in [0.5, 0.6) is 0 Å². The van der Waals surface area contributed by atoms with Crippen LogP contribution in [0.25, 0.3) is 0 Å². The van der Waals surface area contributed by atoms with Gasteiger partial charge in [0.05, 0.1) is 0 Å². The van der Waals surface area contributed by atoms with Gasteiger partial charge in [-0.25, -0.2) is 0 Å². The number of nitrogens with one attached hydrogen (secondary N) is 1. The van der Waals surface area contributed by atoms with Crippen LogP contribution in [0.4, 0.5) is 5.69 Å². The SMILES string of the molecule is Cc1cccc(N2CCN(C(=O)C(=O)NC(C)(C)CC(C)(C)C)CC2)c1. The molecule has 0 radical (unpaired) electrons. The Kier molecular flexibility index (Phi) is 5.99. The molecule has 1 aromatic rings. The Labute approximate surface area is 157 Å². The minimum absolute atomic E-state index is 0.0826. The van der Waals surface area contributed by atoms with Gasteiger partial charge in [-0.2, -0.15) is 0 Å². The zero-order chi connectivity index (χ0) is 19.5. The fraction of sp³-hybridized carbons (Fsp3) is 0.619. The normalized spacial score (nSPS) is 15.8. The summed E-state index contributed by atoms with van der Waals surface area (Å²) in [5.74, 6) is -0.917. The Morgan fingerprint density at radius 3 is 2.19 bits per heavy atom. The molecule has 144 valence electrons. The number of carbonyl (C=O) groups excluding carboxylic acids is 2. The summed E-state index contributed by atoms with van der Waals surface area (Å²) in [5, 5.41) is 2.92. The van der Waals surface area contributed by atoms with E-state index in [9.17, 15) is 9.59 Å². The number of piperazine rings is 1. The van der Waals surface area contributed by atoms with Crippen LogP contribution in [0, 0.1) is 12.3 Å². The number of aryl methyl sites for hydroxylation is 1. The van der Waals surface area contributed by atoms with Crippen molar-refractivity contribution in [2.24, 2.45) is 5.41 Å². The maximum absolute atomic E-state index is 12.5. The summed E-state index contributed by atoms with van der Waals surface area (Å²) in [4.78, 5) is 28.9. The highest BCUT2D eigenvalue weighted by Crippen LogP contribution is 2.26. The maximum Gasteiger partial charge on any atom is 0.312 e. The van der Waals surface area contributed by atoms with E-state index in [-0.39, 0.29) is 5.41 Å². The van der Waals surface area contributed by atoms with Crippen LogP contribution < -0.4 is 10.2 Å². The Morgan fingerprint density at radius 2 is 1.65 bits per heavy atom. The van der Waals surface area contributed by atoms with Gasteiger partial charge in [-0.3, -0.25) is 9.59 Å². The second kappa shape index (κ2) is 7.68. The van der Waals surface area contributed by atoms with Crippen molar-refractivity contribution >= 4 is 17.5 Å². The Bertz CT molecular complexity index is 653. The van der Waals surface area contributed by atoms with Crippen molar-refractivity contribution in [3.05, 3.63) is 29.8 Å². The van der Waals surface area contributed by atoms with Crippen LogP contribution in [0.3, 0.4) is 0 Å². The molecule has 0 bridgehead atoms. The number of anilines is 1. The lowest BCUT2D eigenvalue weighted by atomic mass is 9.82. The Balaban J connectivity index is 1.90. The molecule has 0 unspecified atom stereocenters. The minimum atomic E-state index is -0.497. The fourth-order valence-electron chi connectivity index (χ4n) is 3.87. The molecule has 1 heterocycles. The van der Waals surface area contributed by atoms with Crippen molar-refractivity contribution in [3.63, 3.8) is 0 Å². The van der Waals surface area contributed by atoms with E-state index in [1.165, 1.54) is 11.3 Å². The van der Waals surface area contributed by atoms with Crippen molar-refractivity contribution < 1.29 is 9.59 Å². The summed E-state index contributed by atoms with van der Waals surface area (Å²) >= 11 is 0. The standard InChI is InChI=1S/C21H33N3O2/c1-16-8-7-9-17(14-16)23-10-12-24(13-11-23)19(26)18(25)22-21(5,6)15-20(2,3)4/h7-9,14H,10-13,15H2,1-6H3,(H,22,25). The highest BCUT2D eigenvalue weighted by Gasteiger charge is 2.32. The third-order valence-electron chi connectivity index (χ3n) is 4.55. The fourth-order valence-corrected chi connectivity index (χ4v) is 3.87. The Morgan fingerprint density at radius 1 is 1.04 bits per heavy atom. The van der Waals surface area contributed by atoms with Gasteiger partial charge in [0.15, 0.2) is 0 Å². The van der Waals surface area contributed by atoms with Gasteiger partial charge < -0.3 is 15.1 Å². The van der Waals surface area contributed by atoms with Crippen molar-refractivity contribution in [1.82, 2.24) is 10.2 Å². The van der Waals surface area contributed by atoms with E-state index in [0.29, 0.717) is 13.1 Å². The predicted molar refractivity (Wildman–Crippen MR) is 106 cm³/mol. The molecule has 2 rings (SSSR count). The molecule has 1 aliphatic rings. The van der Waals surface area contributed by atoms with Gasteiger partial charge in [0.2, 0.25) is 0 Å². The molecule has 0 spiro atoms. The molecule has 1 N–H and O–H groups in total. The van der Waals surface area contributed by atoms with Crippen LogP contribution in [0.1, 0.15) is 46.6 Å². The first-order valence-electron chi connectivity index (χ1n) is 9.40. The third kappa shape index (κ3) is 5.75. The van der Waals surface area contributed by atoms with Crippen LogP contribution in [0.2, 0.25) is 0 Å². The number of carbonyl (C=O) groups is 2. The lowest BCUT2D eigenvalue weighted by molar-refractivity contribution is -0.147. The van der Waals surface area contributed by atoms with Gasteiger partial charge in [-0.1, -0.05) is 32.9 Å². The molecule has 0 aromatic heterocycles. The van der Waals surface area contributed by atoms with E-state index in [1.807, 2.05) is 19.9 Å². The second-order valence-corrected chi connectivity index (χ2v) is 9.19. The van der Waals surface area contributed by atoms with Crippen molar-refractivity contribution in [2.75, 3.05) is 31.1 Å². The minimum Gasteiger partial charge on any atom is -0.368 e. The van der Waals surface area contributed by atoms with E-state index >= 15 is 0 Å². The maximum atomic E-state index is 12.5. The average molecular weight is 360 g/mol. The zero-order valence-corrected chi connectivity index (χ0v) is 17.1. The van der Waals surface area contributed by atoms with E-state index in [0.717, 1.165) is 19.5 Å². The smallest absolute Gasteiger partial charge is 0.312 e. The van der Waals surface area contributed by atoms with Gasteiger partial charge in [-0.15, -0.1) is 0 Å². The quantitative estimate of drug-likeness (QED) is 0.844. The number of amides is 2. The lowest BCUT2D eigenvalue weighted by Gasteiger charge is -2.37. The third-order valence-corrected chi connectivity index (χ3v) is 4.55. The molecule has 1 fully saturated rings. The first-order valence-corrected chi connectivity index (χ1v) is 9.40. The van der Waals surface area contributed by atoms with Crippen LogP contribution >= 0.6 is 0 Å². The van der Waals surface area contributed by atoms with Gasteiger partial charge >= 0.3 is 11.8 Å². The summed E-state index contributed by atoms with van der Waals surface area (Å²) < 4.78 is 0. The van der Waals surface area contributed by atoms with Gasteiger partial charge in [0.25, 0.3) is 0 Å². The molecule has 1 aromatic carbocycles. The molecule has 0 atom stereocenters. The molecular weight excluding hydrogens is 326 g/mol. The first kappa shape index (κ1) is 20.3. The number of hydrogen-bond acceptors (Lipinski definition) is 3. The molecule has 5 nitrogen and oxygen atoms in total. The molecule has 0 saturated carbocycles. The number of benzene rings is 1. The monoisotopic (exact) mass is 359 g/mol. The molecule has 1 aliphatic heterocycles. The zero-order valence-electron chi connectivity index (χ0n) is 17.1. The van der Waals surface area contributed by atoms with Gasteiger partial charge in [-0.05, 0) is 50.3 Å². The summed E-state index contributed by atoms with van der Waals surface area (Å²) in [6.45, 7) is 15.0. The van der Waals surface area contributed by atoms with E-state index < -0.39 is 17.4 Å². The van der Waals surface area contributed by atoms with Crippen molar-refractivity contribution in [3.8, 4) is 0 Å². The highest BCUT2D eigenvalue weighted by atomic mass is 16.2. The average Bonchev–Trinajstić information content (AvgIpc) is 2.51. The summed E-state index contributed by atoms with van der Waals surface area (Å²) in [5.41, 5.74) is 2.07. The summed E-state index contributed by atoms with van der Waals surface area (Å²) in [6, 6.07) is 8.37. The predicted octanol–water partition coefficient (Wildman–Crippen LogP) is 2.97. The first-order chi connectivity index (χ1) is 12.0. The van der Waals surface area contributed by atoms with Crippen LogP contribution in [0.15, 0.2) is 24.3 Å². The van der Waals surface area contributed by atoms with Crippen molar-refractivity contribution in [1.29, 1.82) is 0 Å². The summed E-state index contributed by atoms with van der Waals surface area (Å²) in [6.07, 6.45) is 0.806. The van der Waals surface area contributed by atoms with E-state index in [4.69, 9.17) is 0 Å². The van der Waals surface area contributed by atoms with Gasteiger partial charge in [0, 0.05) is 37.4 Å². The van der Waals surface area contributed by atoms with Crippen LogP contribution in [-0.2, 0) is 9.59 Å². The van der Waals surface area contributed by atoms with Crippen LogP contribution in [-0.4, -0.2) is 48.4 Å². The number of hydrogen-bond donors (Lipinski definition) is 1. The molecule has 26 heavy (non-hydrogen) atoms. The number of rotatable bonds is 3. The molecule has 2 amide bonds. The van der Waals surface area contributed by atoms with Crippen molar-refractivity contribution in [2.45, 2.75) is 53.5 Å². The largest absolute Gasteiger partial charge is 0.368 e. The Hall–Kier alpha value is -2.04. The van der Waals surface area contributed by atoms with E-state index in [1.54, 1.807) is 4.90 Å². The molecular formula is C21H33N3O2. The molecule has 1 saturated heterocycles.